The molecular weight excluding hydrogens is 254 g/mol. The number of carbonyl (C=O) groups is 2. The minimum Gasteiger partial charge on any atom is -0.375 e. The highest BCUT2D eigenvalue weighted by Gasteiger charge is 2.32. The number of nitrogens with one attached hydrogen (secondary N) is 1. The molecule has 1 fully saturated rings. The Balaban J connectivity index is 1.74. The third-order valence-corrected chi connectivity index (χ3v) is 3.27. The average molecular weight is 267 g/mol. The molecule has 1 saturated heterocycles. The summed E-state index contributed by atoms with van der Waals surface area (Å²) in [4.78, 5) is 22.3. The molecule has 0 radical (unpaired) electrons. The molecule has 1 aliphatic heterocycles. The third kappa shape index (κ3) is 2.54. The molecule has 3 rings (SSSR count). The number of ether oxygens (including phenoxy) is 1. The highest BCUT2D eigenvalue weighted by atomic mass is 16.6. The number of alkyl carbamates (subject to hydrolysis) is 1. The third-order valence-electron chi connectivity index (χ3n) is 3.27. The lowest BCUT2D eigenvalue weighted by Gasteiger charge is -2.07. The molecule has 0 aliphatic carbocycles. The molecule has 100 valence electrons. The van der Waals surface area contributed by atoms with Crippen LogP contribution >= 0.6 is 0 Å². The number of rotatable bonds is 3. The Morgan fingerprint density at radius 3 is 2.15 bits per heavy atom. The van der Waals surface area contributed by atoms with Crippen molar-refractivity contribution in [2.24, 2.45) is 0 Å². The van der Waals surface area contributed by atoms with Crippen molar-refractivity contribution < 1.29 is 14.3 Å². The molecular formula is C16H13NO3. The number of benzene rings is 2. The van der Waals surface area contributed by atoms with Gasteiger partial charge in [-0.1, -0.05) is 54.6 Å². The van der Waals surface area contributed by atoms with E-state index >= 15 is 0 Å². The second kappa shape index (κ2) is 5.17. The van der Waals surface area contributed by atoms with Gasteiger partial charge in [0, 0.05) is 6.42 Å². The summed E-state index contributed by atoms with van der Waals surface area (Å²) in [5, 5.41) is 2.49. The van der Waals surface area contributed by atoms with Crippen molar-refractivity contribution in [2.45, 2.75) is 12.5 Å². The van der Waals surface area contributed by atoms with Gasteiger partial charge in [0.15, 0.2) is 0 Å². The number of amides is 1. The minimum atomic E-state index is -0.666. The zero-order chi connectivity index (χ0) is 13.9. The van der Waals surface area contributed by atoms with Crippen LogP contribution in [0, 0.1) is 0 Å². The first-order valence-electron chi connectivity index (χ1n) is 6.39. The van der Waals surface area contributed by atoms with E-state index in [-0.39, 0.29) is 0 Å². The van der Waals surface area contributed by atoms with Crippen LogP contribution in [0.15, 0.2) is 54.6 Å². The van der Waals surface area contributed by atoms with E-state index in [1.807, 2.05) is 54.6 Å². The van der Waals surface area contributed by atoms with Crippen molar-refractivity contribution in [3.8, 4) is 11.1 Å². The number of esters is 1. The van der Waals surface area contributed by atoms with Crippen molar-refractivity contribution >= 4 is 12.1 Å². The van der Waals surface area contributed by atoms with Gasteiger partial charge in [-0.15, -0.1) is 0 Å². The largest absolute Gasteiger partial charge is 0.415 e. The van der Waals surface area contributed by atoms with Gasteiger partial charge < -0.3 is 10.1 Å². The summed E-state index contributed by atoms with van der Waals surface area (Å²) >= 11 is 0. The average Bonchev–Trinajstić information content (AvgIpc) is 2.79. The van der Waals surface area contributed by atoms with Gasteiger partial charge in [0.05, 0.1) is 0 Å². The van der Waals surface area contributed by atoms with Gasteiger partial charge in [0.1, 0.15) is 6.04 Å². The fraction of sp³-hybridized carbons (Fsp3) is 0.125. The molecule has 4 heteroatoms. The molecule has 0 spiro atoms. The molecule has 2 aromatic rings. The van der Waals surface area contributed by atoms with Crippen LogP contribution in [-0.4, -0.2) is 18.1 Å². The lowest BCUT2D eigenvalue weighted by atomic mass is 10.0. The van der Waals surface area contributed by atoms with Crippen molar-refractivity contribution in [2.75, 3.05) is 0 Å². The summed E-state index contributed by atoms with van der Waals surface area (Å²) in [5.74, 6) is -0.512. The lowest BCUT2D eigenvalue weighted by molar-refractivity contribution is -0.135. The molecule has 1 aliphatic rings. The molecule has 2 aromatic carbocycles. The summed E-state index contributed by atoms with van der Waals surface area (Å²) in [7, 11) is 0. The normalized spacial score (nSPS) is 17.7. The number of cyclic esters (lactones) is 2. The maximum Gasteiger partial charge on any atom is 0.415 e. The predicted octanol–water partition coefficient (Wildman–Crippen LogP) is 2.53. The van der Waals surface area contributed by atoms with E-state index in [2.05, 4.69) is 10.1 Å². The van der Waals surface area contributed by atoms with E-state index in [1.165, 1.54) is 0 Å². The molecule has 0 unspecified atom stereocenters. The van der Waals surface area contributed by atoms with Crippen LogP contribution in [0.25, 0.3) is 11.1 Å². The van der Waals surface area contributed by atoms with Gasteiger partial charge in [0.25, 0.3) is 0 Å². The van der Waals surface area contributed by atoms with Crippen LogP contribution in [0.1, 0.15) is 5.56 Å². The van der Waals surface area contributed by atoms with Gasteiger partial charge >= 0.3 is 12.1 Å². The Hall–Kier alpha value is -2.62. The Morgan fingerprint density at radius 2 is 1.55 bits per heavy atom. The maximum absolute atomic E-state index is 11.4. The van der Waals surface area contributed by atoms with Crippen LogP contribution in [0.3, 0.4) is 0 Å². The van der Waals surface area contributed by atoms with Gasteiger partial charge in [-0.25, -0.2) is 9.59 Å². The zero-order valence-corrected chi connectivity index (χ0v) is 10.7. The first kappa shape index (κ1) is 12.4. The Labute approximate surface area is 116 Å². The fourth-order valence-electron chi connectivity index (χ4n) is 2.23. The Morgan fingerprint density at radius 1 is 0.900 bits per heavy atom. The molecule has 0 aromatic heterocycles. The zero-order valence-electron chi connectivity index (χ0n) is 10.7. The summed E-state index contributed by atoms with van der Waals surface area (Å²) in [6, 6.07) is 17.4. The van der Waals surface area contributed by atoms with Crippen molar-refractivity contribution in [1.29, 1.82) is 0 Å². The van der Waals surface area contributed by atoms with E-state index < -0.39 is 18.1 Å². The minimum absolute atomic E-state index is 0.444. The first-order valence-corrected chi connectivity index (χ1v) is 6.39. The Bertz CT molecular complexity index is 635. The second-order valence-electron chi connectivity index (χ2n) is 4.67. The van der Waals surface area contributed by atoms with Gasteiger partial charge in [0.2, 0.25) is 0 Å². The van der Waals surface area contributed by atoms with E-state index in [0.717, 1.165) is 16.7 Å². The van der Waals surface area contributed by atoms with Crippen LogP contribution in [-0.2, 0) is 16.0 Å². The summed E-state index contributed by atoms with van der Waals surface area (Å²) in [5.41, 5.74) is 3.24. The van der Waals surface area contributed by atoms with Gasteiger partial charge in [-0.2, -0.15) is 0 Å². The molecule has 0 saturated carbocycles. The first-order chi connectivity index (χ1) is 9.72. The topological polar surface area (TPSA) is 55.4 Å². The Kier molecular flexibility index (Phi) is 3.21. The predicted molar refractivity (Wildman–Crippen MR) is 74.0 cm³/mol. The number of hydrogen-bond donors (Lipinski definition) is 1. The number of carbonyl (C=O) groups excluding carboxylic acids is 2. The van der Waals surface area contributed by atoms with Crippen LogP contribution in [0.2, 0.25) is 0 Å². The SMILES string of the molecule is O=C1N[C@@H](Cc2ccc(-c3ccccc3)cc2)C(=O)O1. The van der Waals surface area contributed by atoms with E-state index in [4.69, 9.17) is 0 Å². The highest BCUT2D eigenvalue weighted by Crippen LogP contribution is 2.20. The van der Waals surface area contributed by atoms with Crippen LogP contribution < -0.4 is 5.32 Å². The maximum atomic E-state index is 11.4. The van der Waals surface area contributed by atoms with Crippen LogP contribution in [0.4, 0.5) is 4.79 Å². The molecule has 20 heavy (non-hydrogen) atoms. The fourth-order valence-corrected chi connectivity index (χ4v) is 2.23. The number of hydrogen-bond acceptors (Lipinski definition) is 3. The van der Waals surface area contributed by atoms with Crippen molar-refractivity contribution in [3.63, 3.8) is 0 Å². The van der Waals surface area contributed by atoms with Gasteiger partial charge in [-0.05, 0) is 16.7 Å². The van der Waals surface area contributed by atoms with E-state index in [1.54, 1.807) is 0 Å². The van der Waals surface area contributed by atoms with E-state index in [0.29, 0.717) is 6.42 Å². The second-order valence-corrected chi connectivity index (χ2v) is 4.67. The molecule has 1 N–H and O–H groups in total. The molecule has 1 atom stereocenters. The molecule has 1 amide bonds. The quantitative estimate of drug-likeness (QED) is 0.686. The van der Waals surface area contributed by atoms with Crippen molar-refractivity contribution in [1.82, 2.24) is 5.32 Å². The van der Waals surface area contributed by atoms with Crippen molar-refractivity contribution in [3.05, 3.63) is 60.2 Å². The monoisotopic (exact) mass is 267 g/mol. The highest BCUT2D eigenvalue weighted by molar-refractivity contribution is 5.95. The standard InChI is InChI=1S/C16H13NO3/c18-15-14(17-16(19)20-15)10-11-6-8-13(9-7-11)12-4-2-1-3-5-12/h1-9,14H,10H2,(H,17,19)/t14-/m0/s1. The molecule has 4 nitrogen and oxygen atoms in total. The van der Waals surface area contributed by atoms with Crippen LogP contribution in [0.5, 0.6) is 0 Å². The summed E-state index contributed by atoms with van der Waals surface area (Å²) in [6.07, 6.45) is -0.222. The van der Waals surface area contributed by atoms with Gasteiger partial charge in [-0.3, -0.25) is 0 Å². The van der Waals surface area contributed by atoms with E-state index in [9.17, 15) is 9.59 Å². The molecule has 0 bridgehead atoms. The smallest absolute Gasteiger partial charge is 0.375 e. The molecule has 1 heterocycles. The summed E-state index contributed by atoms with van der Waals surface area (Å²) < 4.78 is 4.45. The summed E-state index contributed by atoms with van der Waals surface area (Å²) in [6.45, 7) is 0. The lowest BCUT2D eigenvalue weighted by Crippen LogP contribution is -2.30.